The molecule has 2 atom stereocenters. The molecule has 5 heterocycles. The van der Waals surface area contributed by atoms with Crippen LogP contribution >= 0.6 is 0 Å². The fraction of sp³-hybridized carbons (Fsp3) is 0.609. The summed E-state index contributed by atoms with van der Waals surface area (Å²) in [5.74, 6) is 0.425. The van der Waals surface area contributed by atoms with E-state index in [0.29, 0.717) is 32.0 Å². The van der Waals surface area contributed by atoms with Gasteiger partial charge in [0.25, 0.3) is 0 Å². The molecular formula is C23H27F3N6O2. The fourth-order valence-electron chi connectivity index (χ4n) is 6.18. The SMILES string of the molecule is C=C1CO[C@H]2CCN(C(=O)N3CC4(CC(Cc5ccc6c(C(F)(F)F)[nH]nc6n5)C4)C3)C[C@H]2N1. The number of fused-ring (bicyclic) bond motifs is 2. The number of aromatic nitrogens is 3. The third-order valence-electron chi connectivity index (χ3n) is 7.70. The number of pyridine rings is 1. The standard InChI is InChI=1S/C23H27F3N6O2/c1-13-10-34-18-4-5-31(9-17(18)27-13)21(33)32-11-22(12-32)7-14(8-22)6-15-2-3-16-19(23(24,25)26)29-30-20(16)28-15/h2-3,14,17-18,27H,1,4-12H2,(H,28,29,30)/t17-,18+/m1/s1. The number of H-pyrrole nitrogens is 1. The van der Waals surface area contributed by atoms with E-state index in [0.717, 1.165) is 43.7 Å². The first-order chi connectivity index (χ1) is 16.2. The third-order valence-corrected chi connectivity index (χ3v) is 7.70. The molecule has 2 aromatic rings. The van der Waals surface area contributed by atoms with Gasteiger partial charge in [-0.2, -0.15) is 18.3 Å². The number of amides is 2. The Morgan fingerprint density at radius 1 is 1.26 bits per heavy atom. The molecule has 182 valence electrons. The predicted octanol–water partition coefficient (Wildman–Crippen LogP) is 2.93. The van der Waals surface area contributed by atoms with Crippen molar-refractivity contribution in [3.63, 3.8) is 0 Å². The Labute approximate surface area is 194 Å². The maximum atomic E-state index is 13.0. The van der Waals surface area contributed by atoms with E-state index in [1.165, 1.54) is 6.07 Å². The smallest absolute Gasteiger partial charge is 0.380 e. The van der Waals surface area contributed by atoms with Gasteiger partial charge in [0.15, 0.2) is 5.65 Å². The fourth-order valence-corrected chi connectivity index (χ4v) is 6.18. The van der Waals surface area contributed by atoms with E-state index in [-0.39, 0.29) is 34.6 Å². The Balaban J connectivity index is 1.00. The van der Waals surface area contributed by atoms with Crippen LogP contribution in [0.5, 0.6) is 0 Å². The molecule has 1 saturated carbocycles. The molecule has 2 amide bonds. The molecule has 0 radical (unpaired) electrons. The van der Waals surface area contributed by atoms with Crippen LogP contribution < -0.4 is 5.32 Å². The molecule has 8 nitrogen and oxygen atoms in total. The Morgan fingerprint density at radius 3 is 2.82 bits per heavy atom. The quantitative estimate of drug-likeness (QED) is 0.696. The lowest BCUT2D eigenvalue weighted by atomic mass is 9.57. The first-order valence-corrected chi connectivity index (χ1v) is 11.7. The predicted molar refractivity (Wildman–Crippen MR) is 117 cm³/mol. The van der Waals surface area contributed by atoms with Crippen molar-refractivity contribution in [1.29, 1.82) is 0 Å². The Hall–Kier alpha value is -2.82. The van der Waals surface area contributed by atoms with Crippen molar-refractivity contribution in [2.75, 3.05) is 32.8 Å². The van der Waals surface area contributed by atoms with Gasteiger partial charge in [-0.3, -0.25) is 5.10 Å². The van der Waals surface area contributed by atoms with Gasteiger partial charge in [-0.05, 0) is 43.7 Å². The number of alkyl halides is 3. The van der Waals surface area contributed by atoms with E-state index in [9.17, 15) is 18.0 Å². The van der Waals surface area contributed by atoms with Crippen LogP contribution in [0.25, 0.3) is 11.0 Å². The first-order valence-electron chi connectivity index (χ1n) is 11.7. The molecular weight excluding hydrogens is 449 g/mol. The first kappa shape index (κ1) is 21.7. The van der Waals surface area contributed by atoms with E-state index in [1.807, 2.05) is 9.80 Å². The van der Waals surface area contributed by atoms with Crippen LogP contribution in [-0.2, 0) is 17.3 Å². The molecule has 2 aromatic heterocycles. The third kappa shape index (κ3) is 3.70. The van der Waals surface area contributed by atoms with E-state index in [2.05, 4.69) is 27.1 Å². The number of piperidine rings is 1. The minimum atomic E-state index is -4.48. The lowest BCUT2D eigenvalue weighted by Gasteiger charge is -2.60. The highest BCUT2D eigenvalue weighted by Crippen LogP contribution is 2.53. The van der Waals surface area contributed by atoms with Gasteiger partial charge < -0.3 is 19.9 Å². The van der Waals surface area contributed by atoms with Crippen molar-refractivity contribution in [1.82, 2.24) is 30.3 Å². The van der Waals surface area contributed by atoms with Gasteiger partial charge in [0, 0.05) is 43.0 Å². The number of nitrogens with one attached hydrogen (secondary N) is 2. The second kappa shape index (κ2) is 7.59. The Morgan fingerprint density at radius 2 is 2.06 bits per heavy atom. The zero-order valence-electron chi connectivity index (χ0n) is 18.7. The van der Waals surface area contributed by atoms with Crippen molar-refractivity contribution < 1.29 is 22.7 Å². The number of likely N-dealkylation sites (tertiary alicyclic amines) is 2. The van der Waals surface area contributed by atoms with Crippen LogP contribution in [0.1, 0.15) is 30.7 Å². The lowest BCUT2D eigenvalue weighted by Crippen LogP contribution is -2.68. The molecule has 0 unspecified atom stereocenters. The molecule has 3 aliphatic heterocycles. The van der Waals surface area contributed by atoms with Crippen LogP contribution in [0.4, 0.5) is 18.0 Å². The van der Waals surface area contributed by atoms with E-state index < -0.39 is 11.9 Å². The average Bonchev–Trinajstić information content (AvgIpc) is 3.17. The number of ether oxygens (including phenoxy) is 1. The van der Waals surface area contributed by atoms with E-state index in [4.69, 9.17) is 4.74 Å². The summed E-state index contributed by atoms with van der Waals surface area (Å²) in [6.07, 6.45) is -0.786. The number of hydrogen-bond acceptors (Lipinski definition) is 5. The molecule has 4 aliphatic rings. The maximum absolute atomic E-state index is 13.0. The summed E-state index contributed by atoms with van der Waals surface area (Å²) in [6, 6.07) is 3.31. The molecule has 4 fully saturated rings. The number of carbonyl (C=O) groups excluding carboxylic acids is 1. The molecule has 11 heteroatoms. The Kier molecular flexibility index (Phi) is 4.84. The topological polar surface area (TPSA) is 86.4 Å². The summed E-state index contributed by atoms with van der Waals surface area (Å²) in [6.45, 7) is 7.34. The second-order valence-electron chi connectivity index (χ2n) is 10.3. The second-order valence-corrected chi connectivity index (χ2v) is 10.3. The molecule has 0 aromatic carbocycles. The van der Waals surface area contributed by atoms with Crippen molar-refractivity contribution in [2.45, 2.75) is 44.0 Å². The average molecular weight is 477 g/mol. The highest BCUT2D eigenvalue weighted by Gasteiger charge is 2.54. The number of rotatable bonds is 2. The van der Waals surface area contributed by atoms with Crippen LogP contribution in [0.3, 0.4) is 0 Å². The van der Waals surface area contributed by atoms with Gasteiger partial charge in [0.05, 0.1) is 24.1 Å². The number of aromatic amines is 1. The number of morpholine rings is 1. The molecule has 2 N–H and O–H groups in total. The summed E-state index contributed by atoms with van der Waals surface area (Å²) in [5.41, 5.74) is 1.04. The van der Waals surface area contributed by atoms with Crippen LogP contribution in [0.15, 0.2) is 24.4 Å². The van der Waals surface area contributed by atoms with Gasteiger partial charge in [-0.15, -0.1) is 0 Å². The normalized spacial score (nSPS) is 26.7. The minimum Gasteiger partial charge on any atom is -0.380 e. The molecule has 1 aliphatic carbocycles. The van der Waals surface area contributed by atoms with Crippen molar-refractivity contribution in [2.24, 2.45) is 11.3 Å². The highest BCUT2D eigenvalue weighted by molar-refractivity contribution is 5.78. The van der Waals surface area contributed by atoms with Gasteiger partial charge >= 0.3 is 12.2 Å². The van der Waals surface area contributed by atoms with Crippen molar-refractivity contribution >= 4 is 17.1 Å². The molecule has 6 rings (SSSR count). The molecule has 3 saturated heterocycles. The Bertz CT molecular complexity index is 1130. The van der Waals surface area contributed by atoms with E-state index in [1.54, 1.807) is 6.07 Å². The summed E-state index contributed by atoms with van der Waals surface area (Å²) in [7, 11) is 0. The number of nitrogens with zero attached hydrogens (tertiary/aromatic N) is 4. The van der Waals surface area contributed by atoms with Gasteiger partial charge in [-0.25, -0.2) is 9.78 Å². The summed E-state index contributed by atoms with van der Waals surface area (Å²) < 4.78 is 44.8. The summed E-state index contributed by atoms with van der Waals surface area (Å²) in [4.78, 5) is 21.2. The van der Waals surface area contributed by atoms with Gasteiger partial charge in [0.2, 0.25) is 0 Å². The van der Waals surface area contributed by atoms with Gasteiger partial charge in [-0.1, -0.05) is 6.58 Å². The number of halogens is 3. The zero-order valence-corrected chi connectivity index (χ0v) is 18.7. The van der Waals surface area contributed by atoms with E-state index >= 15 is 0 Å². The largest absolute Gasteiger partial charge is 0.433 e. The number of hydrogen-bond donors (Lipinski definition) is 2. The lowest BCUT2D eigenvalue weighted by molar-refractivity contribution is -0.139. The molecule has 1 spiro atoms. The zero-order chi connectivity index (χ0) is 23.7. The number of urea groups is 1. The molecule has 34 heavy (non-hydrogen) atoms. The van der Waals surface area contributed by atoms with Crippen LogP contribution in [-0.4, -0.2) is 75.9 Å². The monoisotopic (exact) mass is 476 g/mol. The summed E-state index contributed by atoms with van der Waals surface area (Å²) in [5, 5.41) is 9.16. The minimum absolute atomic E-state index is 0.00202. The highest BCUT2D eigenvalue weighted by atomic mass is 19.4. The van der Waals surface area contributed by atoms with Crippen LogP contribution in [0.2, 0.25) is 0 Å². The van der Waals surface area contributed by atoms with Crippen molar-refractivity contribution in [3.8, 4) is 0 Å². The molecule has 0 bridgehead atoms. The van der Waals surface area contributed by atoms with Crippen LogP contribution in [0, 0.1) is 11.3 Å². The van der Waals surface area contributed by atoms with Gasteiger partial charge in [0.1, 0.15) is 5.69 Å². The summed E-state index contributed by atoms with van der Waals surface area (Å²) >= 11 is 0. The maximum Gasteiger partial charge on any atom is 0.433 e. The number of carbonyl (C=O) groups is 1. The van der Waals surface area contributed by atoms with Crippen molar-refractivity contribution in [3.05, 3.63) is 35.8 Å².